The molecule has 0 aromatic carbocycles. The molecule has 0 bridgehead atoms. The highest BCUT2D eigenvalue weighted by Crippen LogP contribution is 2.59. The van der Waals surface area contributed by atoms with E-state index in [2.05, 4.69) is 39.5 Å². The van der Waals surface area contributed by atoms with Crippen molar-refractivity contribution in [3.8, 4) is 0 Å². The molecule has 2 N–H and O–H groups in total. The Morgan fingerprint density at radius 1 is 1.28 bits per heavy atom. The minimum Gasteiger partial charge on any atom is -0.393 e. The van der Waals surface area contributed by atoms with Gasteiger partial charge < -0.3 is 14.9 Å². The molecule has 3 aliphatic carbocycles. The Morgan fingerprint density at radius 2 is 2.07 bits per heavy atom. The average Bonchev–Trinajstić information content (AvgIpc) is 3.04. The van der Waals surface area contributed by atoms with Gasteiger partial charge in [-0.3, -0.25) is 0 Å². The molecule has 0 amide bonds. The third kappa shape index (κ3) is 5.06. The van der Waals surface area contributed by atoms with Crippen LogP contribution in [0.25, 0.3) is 0 Å². The second-order valence-corrected chi connectivity index (χ2v) is 10.1. The van der Waals surface area contributed by atoms with E-state index in [0.717, 1.165) is 36.7 Å². The summed E-state index contributed by atoms with van der Waals surface area (Å²) in [5, 5.41) is 20.1. The molecule has 0 saturated heterocycles. The van der Waals surface area contributed by atoms with Gasteiger partial charge in [-0.15, -0.1) is 0 Å². The van der Waals surface area contributed by atoms with Crippen LogP contribution in [0.1, 0.15) is 78.6 Å². The maximum Gasteiger partial charge on any atom is 0.0811 e. The van der Waals surface area contributed by atoms with Crippen LogP contribution in [0.5, 0.6) is 0 Å². The first-order valence-corrected chi connectivity index (χ1v) is 11.9. The highest BCUT2D eigenvalue weighted by molar-refractivity contribution is 5.38. The molecule has 3 heteroatoms. The standard InChI is InChI=1S/C26H42O3/c1-5-6-14-29-17-18(2)23-11-12-24-20(8-7-13-26(23,24)4)9-10-21-15-22(27)16-25(28)19(21)3/h9-10,18,22-25,27-28H,3,5-8,11-17H2,1-2,4H3/b20-9+,21-10-/t18-,22-,23-,24+,25+,26-/m1/s1. The van der Waals surface area contributed by atoms with Crippen LogP contribution >= 0.6 is 0 Å². The van der Waals surface area contributed by atoms with Crippen LogP contribution < -0.4 is 0 Å². The van der Waals surface area contributed by atoms with E-state index in [1.807, 2.05) is 0 Å². The van der Waals surface area contributed by atoms with E-state index >= 15 is 0 Å². The molecule has 0 unspecified atom stereocenters. The van der Waals surface area contributed by atoms with Crippen LogP contribution in [-0.2, 0) is 4.74 Å². The minimum atomic E-state index is -0.607. The lowest BCUT2D eigenvalue weighted by atomic mass is 9.61. The fourth-order valence-electron chi connectivity index (χ4n) is 6.31. The topological polar surface area (TPSA) is 49.7 Å². The van der Waals surface area contributed by atoms with Crippen molar-refractivity contribution in [3.05, 3.63) is 35.5 Å². The predicted octanol–water partition coefficient (Wildman–Crippen LogP) is 5.58. The van der Waals surface area contributed by atoms with E-state index in [1.54, 1.807) is 5.57 Å². The molecular formula is C26H42O3. The molecule has 164 valence electrons. The monoisotopic (exact) mass is 402 g/mol. The number of aliphatic hydroxyl groups excluding tert-OH is 2. The van der Waals surface area contributed by atoms with E-state index in [1.165, 1.54) is 38.5 Å². The van der Waals surface area contributed by atoms with Gasteiger partial charge in [0.05, 0.1) is 12.2 Å². The highest BCUT2D eigenvalue weighted by atomic mass is 16.5. The maximum absolute atomic E-state index is 10.1. The summed E-state index contributed by atoms with van der Waals surface area (Å²) in [5.41, 5.74) is 3.74. The SMILES string of the molecule is C=C1/C(=C\C=C2/CCC[C@]3(C)[C@@H]([C@H](C)COCCCC)CC[C@@H]23)C[C@@H](O)C[C@@H]1O. The predicted molar refractivity (Wildman–Crippen MR) is 120 cm³/mol. The molecule has 3 rings (SSSR count). The van der Waals surface area contributed by atoms with Gasteiger partial charge in [0.15, 0.2) is 0 Å². The molecule has 29 heavy (non-hydrogen) atoms. The summed E-state index contributed by atoms with van der Waals surface area (Å²) in [6, 6.07) is 0. The number of ether oxygens (including phenoxy) is 1. The molecule has 0 spiro atoms. The molecule has 6 atom stereocenters. The number of hydrogen-bond donors (Lipinski definition) is 2. The van der Waals surface area contributed by atoms with Crippen molar-refractivity contribution < 1.29 is 14.9 Å². The van der Waals surface area contributed by atoms with Gasteiger partial charge in [0.2, 0.25) is 0 Å². The summed E-state index contributed by atoms with van der Waals surface area (Å²) in [7, 11) is 0. The van der Waals surface area contributed by atoms with Crippen molar-refractivity contribution in [1.29, 1.82) is 0 Å². The zero-order valence-electron chi connectivity index (χ0n) is 18.8. The first kappa shape index (κ1) is 22.8. The second kappa shape index (κ2) is 9.94. The fraction of sp³-hybridized carbons (Fsp3) is 0.769. The van der Waals surface area contributed by atoms with Gasteiger partial charge in [0.25, 0.3) is 0 Å². The quantitative estimate of drug-likeness (QED) is 0.547. The van der Waals surface area contributed by atoms with Gasteiger partial charge in [0, 0.05) is 19.6 Å². The number of aliphatic hydroxyl groups is 2. The lowest BCUT2D eigenvalue weighted by Gasteiger charge is -2.44. The van der Waals surface area contributed by atoms with Crippen molar-refractivity contribution in [1.82, 2.24) is 0 Å². The number of fused-ring (bicyclic) bond motifs is 1. The molecular weight excluding hydrogens is 360 g/mol. The van der Waals surface area contributed by atoms with Gasteiger partial charge in [-0.2, -0.15) is 0 Å². The van der Waals surface area contributed by atoms with E-state index in [0.29, 0.717) is 30.1 Å². The zero-order valence-corrected chi connectivity index (χ0v) is 18.8. The smallest absolute Gasteiger partial charge is 0.0811 e. The van der Waals surface area contributed by atoms with Crippen LogP contribution in [0.15, 0.2) is 35.5 Å². The molecule has 0 heterocycles. The van der Waals surface area contributed by atoms with Crippen molar-refractivity contribution in [2.75, 3.05) is 13.2 Å². The summed E-state index contributed by atoms with van der Waals surface area (Å²) in [6.07, 6.45) is 13.1. The number of rotatable bonds is 7. The molecule has 0 aromatic heterocycles. The van der Waals surface area contributed by atoms with Crippen LogP contribution in [0, 0.1) is 23.2 Å². The van der Waals surface area contributed by atoms with Gasteiger partial charge in [0.1, 0.15) is 0 Å². The number of unbranched alkanes of at least 4 members (excludes halogenated alkanes) is 1. The minimum absolute atomic E-state index is 0.374. The lowest BCUT2D eigenvalue weighted by Crippen LogP contribution is -2.37. The fourth-order valence-corrected chi connectivity index (χ4v) is 6.31. The van der Waals surface area contributed by atoms with Gasteiger partial charge in [-0.1, -0.05) is 51.5 Å². The van der Waals surface area contributed by atoms with Crippen LogP contribution in [-0.4, -0.2) is 35.6 Å². The Kier molecular flexibility index (Phi) is 7.81. The van der Waals surface area contributed by atoms with Crippen molar-refractivity contribution in [2.24, 2.45) is 23.2 Å². The first-order valence-electron chi connectivity index (χ1n) is 11.9. The number of allylic oxidation sites excluding steroid dienone is 3. The summed E-state index contributed by atoms with van der Waals surface area (Å²) < 4.78 is 5.98. The molecule has 0 aliphatic heterocycles. The molecule has 3 nitrogen and oxygen atoms in total. The largest absolute Gasteiger partial charge is 0.393 e. The van der Waals surface area contributed by atoms with Crippen LogP contribution in [0.2, 0.25) is 0 Å². The average molecular weight is 403 g/mol. The van der Waals surface area contributed by atoms with Crippen molar-refractivity contribution in [3.63, 3.8) is 0 Å². The Morgan fingerprint density at radius 3 is 2.83 bits per heavy atom. The van der Waals surface area contributed by atoms with Gasteiger partial charge in [-0.25, -0.2) is 0 Å². The normalized spacial score (nSPS) is 39.1. The van der Waals surface area contributed by atoms with Crippen LogP contribution in [0.4, 0.5) is 0 Å². The van der Waals surface area contributed by atoms with Crippen molar-refractivity contribution >= 4 is 0 Å². The molecule has 0 aromatic rings. The van der Waals surface area contributed by atoms with Crippen LogP contribution in [0.3, 0.4) is 0 Å². The zero-order chi connectivity index (χ0) is 21.0. The highest BCUT2D eigenvalue weighted by Gasteiger charge is 2.50. The van der Waals surface area contributed by atoms with Gasteiger partial charge >= 0.3 is 0 Å². The first-order chi connectivity index (χ1) is 13.9. The van der Waals surface area contributed by atoms with Gasteiger partial charge in [-0.05, 0) is 79.3 Å². The van der Waals surface area contributed by atoms with E-state index in [4.69, 9.17) is 4.74 Å². The van der Waals surface area contributed by atoms with E-state index < -0.39 is 12.2 Å². The molecule has 0 radical (unpaired) electrons. The summed E-state index contributed by atoms with van der Waals surface area (Å²) in [4.78, 5) is 0. The Labute approximate surface area is 177 Å². The van der Waals surface area contributed by atoms with E-state index in [9.17, 15) is 10.2 Å². The molecule has 3 fully saturated rings. The second-order valence-electron chi connectivity index (χ2n) is 10.1. The number of hydrogen-bond acceptors (Lipinski definition) is 3. The summed E-state index contributed by atoms with van der Waals surface area (Å²) >= 11 is 0. The van der Waals surface area contributed by atoms with Crippen molar-refractivity contribution in [2.45, 2.75) is 90.8 Å². The maximum atomic E-state index is 10.1. The Balaban J connectivity index is 1.70. The Hall–Kier alpha value is -0.900. The molecule has 3 aliphatic rings. The summed E-state index contributed by atoms with van der Waals surface area (Å²) in [5.74, 6) is 2.00. The molecule has 3 saturated carbocycles. The van der Waals surface area contributed by atoms with E-state index in [-0.39, 0.29) is 0 Å². The Bertz CT molecular complexity index is 634. The third-order valence-electron chi connectivity index (χ3n) is 8.01. The third-order valence-corrected chi connectivity index (χ3v) is 8.01. The lowest BCUT2D eigenvalue weighted by molar-refractivity contribution is 0.0332. The summed E-state index contributed by atoms with van der Waals surface area (Å²) in [6.45, 7) is 13.0.